The maximum atomic E-state index is 12.6. The SMILES string of the molecule is Cc1ccc(N(CCC#N)C(=O)CSc2ccccn2)cc1C. The smallest absolute Gasteiger partial charge is 0.237 e. The van der Waals surface area contributed by atoms with Crippen LogP contribution >= 0.6 is 11.8 Å². The van der Waals surface area contributed by atoms with Crippen LogP contribution in [0.1, 0.15) is 17.5 Å². The monoisotopic (exact) mass is 325 g/mol. The first-order valence-electron chi connectivity index (χ1n) is 7.40. The van der Waals surface area contributed by atoms with Crippen molar-refractivity contribution in [3.63, 3.8) is 0 Å². The Morgan fingerprint density at radius 3 is 2.74 bits per heavy atom. The molecule has 1 aromatic heterocycles. The first kappa shape index (κ1) is 17.0. The van der Waals surface area contributed by atoms with Crippen molar-refractivity contribution in [2.24, 2.45) is 0 Å². The number of aryl methyl sites for hydroxylation is 2. The zero-order valence-electron chi connectivity index (χ0n) is 13.3. The maximum Gasteiger partial charge on any atom is 0.237 e. The quantitative estimate of drug-likeness (QED) is 0.759. The Morgan fingerprint density at radius 2 is 2.09 bits per heavy atom. The second kappa shape index (κ2) is 8.35. The van der Waals surface area contributed by atoms with E-state index in [2.05, 4.69) is 11.1 Å². The van der Waals surface area contributed by atoms with Gasteiger partial charge < -0.3 is 4.90 Å². The number of nitriles is 1. The van der Waals surface area contributed by atoms with Crippen LogP contribution in [0.3, 0.4) is 0 Å². The summed E-state index contributed by atoms with van der Waals surface area (Å²) in [6, 6.07) is 13.7. The van der Waals surface area contributed by atoms with Crippen molar-refractivity contribution in [1.29, 1.82) is 5.26 Å². The molecule has 0 aliphatic heterocycles. The molecule has 2 rings (SSSR count). The zero-order chi connectivity index (χ0) is 16.7. The van der Waals surface area contributed by atoms with Crippen LogP contribution in [0.25, 0.3) is 0 Å². The van der Waals surface area contributed by atoms with Gasteiger partial charge in [0, 0.05) is 18.4 Å². The highest BCUT2D eigenvalue weighted by Gasteiger charge is 2.16. The summed E-state index contributed by atoms with van der Waals surface area (Å²) in [6.45, 7) is 4.46. The number of aromatic nitrogens is 1. The van der Waals surface area contributed by atoms with Crippen LogP contribution in [0.2, 0.25) is 0 Å². The van der Waals surface area contributed by atoms with Crippen molar-refractivity contribution in [3.05, 3.63) is 53.7 Å². The largest absolute Gasteiger partial charge is 0.311 e. The number of nitrogens with zero attached hydrogens (tertiary/aromatic N) is 3. The molecule has 4 nitrogen and oxygen atoms in total. The lowest BCUT2D eigenvalue weighted by molar-refractivity contribution is -0.116. The number of pyridine rings is 1. The fraction of sp³-hybridized carbons (Fsp3) is 0.278. The van der Waals surface area contributed by atoms with E-state index in [1.807, 2.05) is 50.2 Å². The summed E-state index contributed by atoms with van der Waals surface area (Å²) >= 11 is 1.41. The fourth-order valence-corrected chi connectivity index (χ4v) is 2.84. The summed E-state index contributed by atoms with van der Waals surface area (Å²) < 4.78 is 0. The molecule has 0 aliphatic rings. The van der Waals surface area contributed by atoms with E-state index in [0.29, 0.717) is 18.7 Å². The molecule has 0 N–H and O–H groups in total. The Hall–Kier alpha value is -2.32. The van der Waals surface area contributed by atoms with Gasteiger partial charge in [-0.3, -0.25) is 4.79 Å². The van der Waals surface area contributed by atoms with E-state index in [1.54, 1.807) is 11.1 Å². The van der Waals surface area contributed by atoms with Gasteiger partial charge in [-0.05, 0) is 49.2 Å². The van der Waals surface area contributed by atoms with Crippen LogP contribution in [0, 0.1) is 25.2 Å². The zero-order valence-corrected chi connectivity index (χ0v) is 14.1. The topological polar surface area (TPSA) is 57.0 Å². The minimum absolute atomic E-state index is 0.0147. The molecule has 0 fully saturated rings. The number of anilines is 1. The summed E-state index contributed by atoms with van der Waals surface area (Å²) in [5, 5.41) is 9.67. The average Bonchev–Trinajstić information content (AvgIpc) is 2.57. The summed E-state index contributed by atoms with van der Waals surface area (Å²) in [6.07, 6.45) is 2.02. The maximum absolute atomic E-state index is 12.6. The summed E-state index contributed by atoms with van der Waals surface area (Å²) in [7, 11) is 0. The molecular weight excluding hydrogens is 306 g/mol. The number of amides is 1. The van der Waals surface area contributed by atoms with E-state index >= 15 is 0 Å². The third-order valence-electron chi connectivity index (χ3n) is 3.53. The van der Waals surface area contributed by atoms with Gasteiger partial charge in [0.2, 0.25) is 5.91 Å². The molecule has 1 amide bonds. The molecule has 0 radical (unpaired) electrons. The minimum Gasteiger partial charge on any atom is -0.311 e. The van der Waals surface area contributed by atoms with Crippen molar-refractivity contribution in [1.82, 2.24) is 4.98 Å². The molecule has 0 saturated heterocycles. The lowest BCUT2D eigenvalue weighted by Gasteiger charge is -2.22. The highest BCUT2D eigenvalue weighted by atomic mass is 32.2. The van der Waals surface area contributed by atoms with Crippen molar-refractivity contribution >= 4 is 23.4 Å². The van der Waals surface area contributed by atoms with E-state index in [4.69, 9.17) is 5.26 Å². The second-order valence-electron chi connectivity index (χ2n) is 5.18. The molecule has 2 aromatic rings. The molecule has 1 aromatic carbocycles. The van der Waals surface area contributed by atoms with Crippen LogP contribution in [0.15, 0.2) is 47.6 Å². The molecule has 0 spiro atoms. The van der Waals surface area contributed by atoms with Gasteiger partial charge in [0.1, 0.15) is 0 Å². The summed E-state index contributed by atoms with van der Waals surface area (Å²) in [5.41, 5.74) is 3.16. The van der Waals surface area contributed by atoms with Gasteiger partial charge in [0.15, 0.2) is 0 Å². The Balaban J connectivity index is 2.12. The number of hydrogen-bond acceptors (Lipinski definition) is 4. The lowest BCUT2D eigenvalue weighted by Crippen LogP contribution is -2.33. The molecule has 0 saturated carbocycles. The van der Waals surface area contributed by atoms with E-state index in [-0.39, 0.29) is 5.91 Å². The highest BCUT2D eigenvalue weighted by Crippen LogP contribution is 2.22. The van der Waals surface area contributed by atoms with E-state index in [0.717, 1.165) is 16.3 Å². The van der Waals surface area contributed by atoms with Gasteiger partial charge in [0.25, 0.3) is 0 Å². The van der Waals surface area contributed by atoms with Gasteiger partial charge >= 0.3 is 0 Å². The number of benzene rings is 1. The highest BCUT2D eigenvalue weighted by molar-refractivity contribution is 7.99. The van der Waals surface area contributed by atoms with Crippen LogP contribution in [0.5, 0.6) is 0 Å². The van der Waals surface area contributed by atoms with Crippen LogP contribution in [0.4, 0.5) is 5.69 Å². The number of carbonyl (C=O) groups is 1. The normalized spacial score (nSPS) is 10.1. The van der Waals surface area contributed by atoms with E-state index in [1.165, 1.54) is 17.3 Å². The van der Waals surface area contributed by atoms with Crippen molar-refractivity contribution in [2.75, 3.05) is 17.2 Å². The third kappa shape index (κ3) is 4.83. The standard InChI is InChI=1S/C18H19N3OS/c1-14-7-8-16(12-15(14)2)21(11-5-9-19)18(22)13-23-17-6-3-4-10-20-17/h3-4,6-8,10,12H,5,11,13H2,1-2H3. The van der Waals surface area contributed by atoms with Crippen LogP contribution in [-0.2, 0) is 4.79 Å². The lowest BCUT2D eigenvalue weighted by atomic mass is 10.1. The van der Waals surface area contributed by atoms with E-state index in [9.17, 15) is 4.79 Å². The number of rotatable bonds is 6. The second-order valence-corrected chi connectivity index (χ2v) is 6.17. The third-order valence-corrected chi connectivity index (χ3v) is 4.46. The number of carbonyl (C=O) groups excluding carboxylic acids is 1. The molecule has 23 heavy (non-hydrogen) atoms. The molecule has 0 atom stereocenters. The van der Waals surface area contributed by atoms with Crippen molar-refractivity contribution in [2.45, 2.75) is 25.3 Å². The molecular formula is C18H19N3OS. The molecule has 0 unspecified atom stereocenters. The van der Waals surface area contributed by atoms with Crippen LogP contribution < -0.4 is 4.90 Å². The first-order chi connectivity index (χ1) is 11.1. The van der Waals surface area contributed by atoms with Gasteiger partial charge in [-0.15, -0.1) is 0 Å². The van der Waals surface area contributed by atoms with Crippen LogP contribution in [-0.4, -0.2) is 23.2 Å². The van der Waals surface area contributed by atoms with Gasteiger partial charge in [-0.1, -0.05) is 23.9 Å². The average molecular weight is 325 g/mol. The summed E-state index contributed by atoms with van der Waals surface area (Å²) in [4.78, 5) is 18.5. The Bertz CT molecular complexity index is 710. The van der Waals surface area contributed by atoms with Crippen molar-refractivity contribution in [3.8, 4) is 6.07 Å². The molecule has 0 aliphatic carbocycles. The number of thioether (sulfide) groups is 1. The van der Waals surface area contributed by atoms with Gasteiger partial charge in [0.05, 0.1) is 23.3 Å². The minimum atomic E-state index is -0.0147. The Kier molecular flexibility index (Phi) is 6.19. The van der Waals surface area contributed by atoms with Crippen molar-refractivity contribution < 1.29 is 4.79 Å². The Morgan fingerprint density at radius 1 is 1.26 bits per heavy atom. The van der Waals surface area contributed by atoms with Gasteiger partial charge in [-0.2, -0.15) is 5.26 Å². The predicted molar refractivity (Wildman–Crippen MR) is 93.5 cm³/mol. The fourth-order valence-electron chi connectivity index (χ4n) is 2.10. The molecule has 118 valence electrons. The molecule has 5 heteroatoms. The summed E-state index contributed by atoms with van der Waals surface area (Å²) in [5.74, 6) is 0.286. The molecule has 0 bridgehead atoms. The predicted octanol–water partition coefficient (Wildman–Crippen LogP) is 3.74. The van der Waals surface area contributed by atoms with E-state index < -0.39 is 0 Å². The first-order valence-corrected chi connectivity index (χ1v) is 8.39. The number of hydrogen-bond donors (Lipinski definition) is 0. The Labute approximate surface area is 141 Å². The molecule has 1 heterocycles. The van der Waals surface area contributed by atoms with Gasteiger partial charge in [-0.25, -0.2) is 4.98 Å².